The maximum atomic E-state index is 13.9. The Kier molecular flexibility index (Phi) is 9.45. The zero-order valence-corrected chi connectivity index (χ0v) is 23.4. The van der Waals surface area contributed by atoms with Crippen molar-refractivity contribution in [1.29, 1.82) is 0 Å². The highest BCUT2D eigenvalue weighted by Crippen LogP contribution is 2.41. The number of benzene rings is 2. The highest BCUT2D eigenvalue weighted by atomic mass is 16.5. The predicted octanol–water partition coefficient (Wildman–Crippen LogP) is 6.91. The molecule has 0 aromatic heterocycles. The Morgan fingerprint density at radius 1 is 0.725 bits per heavy atom. The summed E-state index contributed by atoms with van der Waals surface area (Å²) in [4.78, 5) is 54.2. The van der Waals surface area contributed by atoms with Crippen molar-refractivity contribution in [3.8, 4) is 0 Å². The second kappa shape index (κ2) is 13.4. The van der Waals surface area contributed by atoms with Crippen LogP contribution in [0.15, 0.2) is 54.6 Å². The summed E-state index contributed by atoms with van der Waals surface area (Å²) in [6, 6.07) is 16.1. The number of nitrogens with zero attached hydrogens (tertiary/aromatic N) is 1. The fourth-order valence-corrected chi connectivity index (χ4v) is 6.85. The van der Waals surface area contributed by atoms with Gasteiger partial charge in [0.05, 0.1) is 17.5 Å². The van der Waals surface area contributed by atoms with Crippen LogP contribution in [0.4, 0.5) is 0 Å². The number of likely N-dealkylation sites (tertiary alicyclic amines) is 1. The summed E-state index contributed by atoms with van der Waals surface area (Å²) < 4.78 is 5.41. The largest absolute Gasteiger partial charge is 0.457 e. The number of esters is 1. The molecule has 2 aromatic carbocycles. The van der Waals surface area contributed by atoms with Gasteiger partial charge in [0.1, 0.15) is 6.61 Å². The van der Waals surface area contributed by atoms with E-state index in [4.69, 9.17) is 4.74 Å². The lowest BCUT2D eigenvalue weighted by Gasteiger charge is -2.49. The first kappa shape index (κ1) is 28.3. The van der Waals surface area contributed by atoms with Gasteiger partial charge in [-0.15, -0.1) is 0 Å². The maximum Gasteiger partial charge on any atom is 0.338 e. The average Bonchev–Trinajstić information content (AvgIpc) is 2.95. The van der Waals surface area contributed by atoms with Crippen molar-refractivity contribution in [2.75, 3.05) is 0 Å². The first-order valence-corrected chi connectivity index (χ1v) is 15.2. The summed E-state index contributed by atoms with van der Waals surface area (Å²) in [6.07, 6.45) is 12.4. The monoisotopic (exact) mass is 543 g/mol. The van der Waals surface area contributed by atoms with E-state index < -0.39 is 0 Å². The molecule has 0 unspecified atom stereocenters. The molecule has 0 spiro atoms. The average molecular weight is 544 g/mol. The van der Waals surface area contributed by atoms with Gasteiger partial charge in [0, 0.05) is 17.9 Å². The third kappa shape index (κ3) is 6.54. The minimum absolute atomic E-state index is 0.0170. The molecular weight excluding hydrogens is 502 g/mol. The molecule has 3 fully saturated rings. The lowest BCUT2D eigenvalue weighted by atomic mass is 9.74. The van der Waals surface area contributed by atoms with E-state index in [2.05, 4.69) is 0 Å². The summed E-state index contributed by atoms with van der Waals surface area (Å²) in [6.45, 7) is 0.132. The van der Waals surface area contributed by atoms with Crippen LogP contribution in [0.3, 0.4) is 0 Å². The molecule has 0 radical (unpaired) electrons. The van der Waals surface area contributed by atoms with Gasteiger partial charge in [-0.1, -0.05) is 93.8 Å². The van der Waals surface area contributed by atoms with Crippen LogP contribution in [0, 0.1) is 17.8 Å². The molecule has 0 N–H and O–H groups in total. The van der Waals surface area contributed by atoms with Crippen molar-refractivity contribution in [3.63, 3.8) is 0 Å². The summed E-state index contributed by atoms with van der Waals surface area (Å²) in [5.41, 5.74) is 1.92. The molecular formula is C34H41NO5. The topological polar surface area (TPSA) is 80.8 Å². The number of ketones is 1. The molecule has 6 heteroatoms. The number of β-lactam (4-membered cyclic amide) rings is 1. The van der Waals surface area contributed by atoms with Gasteiger partial charge in [-0.05, 0) is 49.3 Å². The smallest absolute Gasteiger partial charge is 0.338 e. The normalized spacial score (nSPS) is 25.3. The second-order valence-corrected chi connectivity index (χ2v) is 11.8. The molecule has 2 aromatic rings. The van der Waals surface area contributed by atoms with Crippen molar-refractivity contribution in [3.05, 3.63) is 71.3 Å². The third-order valence-electron chi connectivity index (χ3n) is 9.18. The van der Waals surface area contributed by atoms with Crippen molar-refractivity contribution in [2.45, 2.75) is 96.1 Å². The van der Waals surface area contributed by atoms with Gasteiger partial charge in [-0.25, -0.2) is 4.79 Å². The number of hydrogen-bond donors (Lipinski definition) is 0. The van der Waals surface area contributed by atoms with Crippen LogP contribution >= 0.6 is 0 Å². The van der Waals surface area contributed by atoms with Gasteiger partial charge < -0.3 is 4.74 Å². The van der Waals surface area contributed by atoms with E-state index in [-0.39, 0.29) is 54.0 Å². The minimum atomic E-state index is -0.382. The van der Waals surface area contributed by atoms with E-state index in [0.717, 1.165) is 69.8 Å². The van der Waals surface area contributed by atoms with Crippen molar-refractivity contribution in [1.82, 2.24) is 4.90 Å². The lowest BCUT2D eigenvalue weighted by Crippen LogP contribution is -2.64. The summed E-state index contributed by atoms with van der Waals surface area (Å²) in [5.74, 6) is -0.663. The number of carbonyl (C=O) groups is 4. The maximum absolute atomic E-state index is 13.9. The van der Waals surface area contributed by atoms with Gasteiger partial charge in [0.2, 0.25) is 11.8 Å². The summed E-state index contributed by atoms with van der Waals surface area (Å²) in [7, 11) is 0. The van der Waals surface area contributed by atoms with Crippen LogP contribution in [-0.2, 0) is 20.9 Å². The third-order valence-corrected chi connectivity index (χ3v) is 9.18. The standard InChI is InChI=1S/C34H41NO5/c36-31(25-20-18-24(19-21-25)23-40-34(39)26-12-7-5-8-13-26)22-27-14-6-1-2-9-15-28(27)32(37)35-30-17-11-4-3-10-16-29(30)33(35)38/h5,7-8,12-13,18-21,27-30H,1-4,6,9-11,14-17,22-23H2/t27-,28-,29-,30+/m1/s1. The Labute approximate surface area is 237 Å². The van der Waals surface area contributed by atoms with Gasteiger partial charge in [0.25, 0.3) is 0 Å². The van der Waals surface area contributed by atoms with Crippen molar-refractivity contribution in [2.24, 2.45) is 17.8 Å². The molecule has 40 heavy (non-hydrogen) atoms. The zero-order chi connectivity index (χ0) is 27.9. The van der Waals surface area contributed by atoms with Crippen LogP contribution in [0.5, 0.6) is 0 Å². The molecule has 6 nitrogen and oxygen atoms in total. The molecule has 1 heterocycles. The first-order chi connectivity index (χ1) is 19.5. The Balaban J connectivity index is 1.22. The highest BCUT2D eigenvalue weighted by Gasteiger charge is 2.51. The number of Topliss-reactive ketones (excluding diaryl/α,β-unsaturated/α-hetero) is 1. The molecule has 2 aliphatic carbocycles. The quantitative estimate of drug-likeness (QED) is 0.164. The van der Waals surface area contributed by atoms with Crippen molar-refractivity contribution < 1.29 is 23.9 Å². The van der Waals surface area contributed by atoms with Gasteiger partial charge >= 0.3 is 5.97 Å². The molecule has 1 saturated heterocycles. The summed E-state index contributed by atoms with van der Waals surface area (Å²) >= 11 is 0. The van der Waals surface area contributed by atoms with Gasteiger partial charge in [-0.2, -0.15) is 0 Å². The van der Waals surface area contributed by atoms with E-state index in [1.807, 2.05) is 18.2 Å². The molecule has 2 amide bonds. The van der Waals surface area contributed by atoms with Gasteiger partial charge in [-0.3, -0.25) is 19.3 Å². The lowest BCUT2D eigenvalue weighted by molar-refractivity contribution is -0.171. The number of ether oxygens (including phenoxy) is 1. The molecule has 2 saturated carbocycles. The Morgan fingerprint density at radius 3 is 2.10 bits per heavy atom. The van der Waals surface area contributed by atoms with Crippen LogP contribution in [0.25, 0.3) is 0 Å². The Bertz CT molecular complexity index is 1190. The number of rotatable bonds is 7. The fraction of sp³-hybridized carbons (Fsp3) is 0.529. The molecule has 212 valence electrons. The highest BCUT2D eigenvalue weighted by molar-refractivity contribution is 6.03. The van der Waals surface area contributed by atoms with Crippen molar-refractivity contribution >= 4 is 23.6 Å². The molecule has 3 aliphatic rings. The van der Waals surface area contributed by atoms with E-state index in [1.165, 1.54) is 12.8 Å². The fourth-order valence-electron chi connectivity index (χ4n) is 6.85. The Hall–Kier alpha value is -3.28. The van der Waals surface area contributed by atoms with E-state index in [9.17, 15) is 19.2 Å². The summed E-state index contributed by atoms with van der Waals surface area (Å²) in [5, 5.41) is 0. The number of imide groups is 1. The molecule has 1 aliphatic heterocycles. The SMILES string of the molecule is O=C(C[C@H]1CCCCCC[C@H]1C(=O)N1C(=O)[C@@H]2CCCCCC[C@@H]21)c1ccc(COC(=O)c2ccccc2)cc1. The number of fused-ring (bicyclic) bond motifs is 1. The van der Waals surface area contributed by atoms with E-state index in [0.29, 0.717) is 17.5 Å². The van der Waals surface area contributed by atoms with Crippen LogP contribution in [0.2, 0.25) is 0 Å². The second-order valence-electron chi connectivity index (χ2n) is 11.8. The zero-order valence-electron chi connectivity index (χ0n) is 23.4. The molecule has 4 atom stereocenters. The van der Waals surface area contributed by atoms with E-state index in [1.54, 1.807) is 41.3 Å². The predicted molar refractivity (Wildman–Crippen MR) is 152 cm³/mol. The minimum Gasteiger partial charge on any atom is -0.457 e. The number of amides is 2. The van der Waals surface area contributed by atoms with E-state index >= 15 is 0 Å². The van der Waals surface area contributed by atoms with Crippen LogP contribution in [0.1, 0.15) is 110 Å². The molecule has 5 rings (SSSR count). The number of hydrogen-bond acceptors (Lipinski definition) is 5. The first-order valence-electron chi connectivity index (χ1n) is 15.2. The van der Waals surface area contributed by atoms with Crippen LogP contribution in [-0.4, -0.2) is 34.5 Å². The molecule has 0 bridgehead atoms. The Morgan fingerprint density at radius 2 is 1.38 bits per heavy atom. The number of carbonyl (C=O) groups excluding carboxylic acids is 4. The van der Waals surface area contributed by atoms with Crippen LogP contribution < -0.4 is 0 Å². The van der Waals surface area contributed by atoms with Gasteiger partial charge in [0.15, 0.2) is 5.78 Å².